The van der Waals surface area contributed by atoms with Gasteiger partial charge in [0.1, 0.15) is 0 Å². The molecule has 2 heterocycles. The SMILES string of the molecule is Cc1ccc(-c2ccc3c(c2)c2ccccc2n3-c2ccc(-c3cccc(C#N)c3)c(-n3c4ccccc4c4cc(-c5ccc(C)cc5C(F)(F)F)ccc43)c2C)c(C)c1. The molecule has 10 aromatic rings. The molecule has 0 N–H and O–H groups in total. The summed E-state index contributed by atoms with van der Waals surface area (Å²) in [7, 11) is 0. The van der Waals surface area contributed by atoms with Crippen molar-refractivity contribution >= 4 is 43.6 Å². The summed E-state index contributed by atoms with van der Waals surface area (Å²) < 4.78 is 48.0. The molecule has 0 saturated carbocycles. The van der Waals surface area contributed by atoms with Crippen LogP contribution in [0.25, 0.3) is 88.4 Å². The van der Waals surface area contributed by atoms with Crippen LogP contribution >= 0.6 is 0 Å². The Morgan fingerprint density at radius 2 is 1.02 bits per heavy atom. The Kier molecular flexibility index (Phi) is 8.55. The van der Waals surface area contributed by atoms with Gasteiger partial charge in [-0.15, -0.1) is 0 Å². The molecule has 3 nitrogen and oxygen atoms in total. The minimum atomic E-state index is -4.51. The standard InChI is InChI=1S/C54H38F3N3/c1-32-16-20-40(34(3)26-32)38-18-23-51-45(29-38)43-12-5-7-14-49(43)59(51)48-25-22-42(37-11-9-10-36(28-37)31-58)53(35(48)4)60-50-15-8-6-13-44(50)46-30-39(19-24-52(46)60)41-21-17-33(2)27-47(41)54(55,56)57/h5-30H,1-4H3. The molecule has 0 saturated heterocycles. The number of para-hydroxylation sites is 2. The van der Waals surface area contributed by atoms with Crippen LogP contribution in [0.15, 0.2) is 158 Å². The van der Waals surface area contributed by atoms with Crippen LogP contribution in [-0.2, 0) is 6.18 Å². The zero-order chi connectivity index (χ0) is 41.4. The van der Waals surface area contributed by atoms with Gasteiger partial charge in [0.25, 0.3) is 0 Å². The fourth-order valence-electron chi connectivity index (χ4n) is 9.27. The van der Waals surface area contributed by atoms with Crippen LogP contribution in [0.3, 0.4) is 0 Å². The molecule has 0 aliphatic rings. The van der Waals surface area contributed by atoms with E-state index in [4.69, 9.17) is 0 Å². The molecule has 0 spiro atoms. The van der Waals surface area contributed by atoms with Crippen LogP contribution in [0.1, 0.15) is 33.4 Å². The first-order valence-corrected chi connectivity index (χ1v) is 20.0. The van der Waals surface area contributed by atoms with Crippen LogP contribution in [0.5, 0.6) is 0 Å². The van der Waals surface area contributed by atoms with Gasteiger partial charge < -0.3 is 9.13 Å². The van der Waals surface area contributed by atoms with Crippen molar-refractivity contribution < 1.29 is 13.2 Å². The van der Waals surface area contributed by atoms with Crippen molar-refractivity contribution in [3.8, 4) is 50.8 Å². The van der Waals surface area contributed by atoms with E-state index in [2.05, 4.69) is 115 Å². The molecular weight excluding hydrogens is 748 g/mol. The van der Waals surface area contributed by atoms with E-state index in [-0.39, 0.29) is 5.56 Å². The molecule has 0 bridgehead atoms. The highest BCUT2D eigenvalue weighted by Crippen LogP contribution is 2.44. The number of hydrogen-bond acceptors (Lipinski definition) is 1. The van der Waals surface area contributed by atoms with Crippen LogP contribution in [0.4, 0.5) is 13.2 Å². The number of fused-ring (bicyclic) bond motifs is 6. The molecule has 0 aliphatic carbocycles. The fraction of sp³-hybridized carbons (Fsp3) is 0.0926. The monoisotopic (exact) mass is 785 g/mol. The molecule has 0 amide bonds. The Bertz CT molecular complexity index is 3430. The Balaban J connectivity index is 1.27. The van der Waals surface area contributed by atoms with E-state index in [0.717, 1.165) is 77.2 Å². The number of rotatable bonds is 5. The summed E-state index contributed by atoms with van der Waals surface area (Å²) in [5.41, 5.74) is 14.6. The quantitative estimate of drug-likeness (QED) is 0.171. The van der Waals surface area contributed by atoms with Gasteiger partial charge in [-0.05, 0) is 127 Å². The van der Waals surface area contributed by atoms with Gasteiger partial charge >= 0.3 is 6.18 Å². The number of alkyl halides is 3. The zero-order valence-electron chi connectivity index (χ0n) is 33.5. The molecule has 0 aliphatic heterocycles. The summed E-state index contributed by atoms with van der Waals surface area (Å²) in [6, 6.07) is 54.3. The lowest BCUT2D eigenvalue weighted by Gasteiger charge is -2.21. The normalized spacial score (nSPS) is 11.9. The lowest BCUT2D eigenvalue weighted by molar-refractivity contribution is -0.137. The molecule has 60 heavy (non-hydrogen) atoms. The lowest BCUT2D eigenvalue weighted by atomic mass is 9.96. The predicted molar refractivity (Wildman–Crippen MR) is 240 cm³/mol. The molecule has 8 aromatic carbocycles. The minimum Gasteiger partial charge on any atom is -0.309 e. The van der Waals surface area contributed by atoms with Crippen molar-refractivity contribution in [2.24, 2.45) is 0 Å². The van der Waals surface area contributed by atoms with E-state index in [1.54, 1.807) is 31.2 Å². The summed E-state index contributed by atoms with van der Waals surface area (Å²) in [4.78, 5) is 0. The molecule has 290 valence electrons. The number of hydrogen-bond donors (Lipinski definition) is 0. The van der Waals surface area contributed by atoms with Crippen molar-refractivity contribution in [1.82, 2.24) is 9.13 Å². The third-order valence-electron chi connectivity index (χ3n) is 12.0. The maximum atomic E-state index is 14.5. The van der Waals surface area contributed by atoms with Crippen LogP contribution in [0, 0.1) is 39.0 Å². The largest absolute Gasteiger partial charge is 0.417 e. The van der Waals surface area contributed by atoms with Crippen molar-refractivity contribution in [3.63, 3.8) is 0 Å². The first-order valence-electron chi connectivity index (χ1n) is 20.0. The Labute approximate surface area is 345 Å². The molecule has 0 fully saturated rings. The van der Waals surface area contributed by atoms with Crippen molar-refractivity contribution in [1.29, 1.82) is 5.26 Å². The van der Waals surface area contributed by atoms with Gasteiger partial charge in [0.15, 0.2) is 0 Å². The number of aryl methyl sites for hydroxylation is 3. The molecule has 10 rings (SSSR count). The van der Waals surface area contributed by atoms with Crippen molar-refractivity contribution in [2.45, 2.75) is 33.9 Å². The second kappa shape index (κ2) is 13.9. The van der Waals surface area contributed by atoms with Gasteiger partial charge in [0, 0.05) is 27.1 Å². The Morgan fingerprint density at radius 3 is 1.67 bits per heavy atom. The highest BCUT2D eigenvalue weighted by Gasteiger charge is 2.34. The molecule has 0 unspecified atom stereocenters. The number of nitriles is 1. The molecule has 0 atom stereocenters. The van der Waals surface area contributed by atoms with Gasteiger partial charge in [-0.2, -0.15) is 18.4 Å². The first kappa shape index (κ1) is 36.9. The average Bonchev–Trinajstić information content (AvgIpc) is 3.75. The van der Waals surface area contributed by atoms with E-state index in [1.807, 2.05) is 48.5 Å². The Hall–Kier alpha value is -7.36. The molecular formula is C54H38F3N3. The van der Waals surface area contributed by atoms with Crippen LogP contribution in [0.2, 0.25) is 0 Å². The van der Waals surface area contributed by atoms with Gasteiger partial charge in [0.05, 0.1) is 50.6 Å². The molecule has 6 heteroatoms. The van der Waals surface area contributed by atoms with Gasteiger partial charge in [-0.3, -0.25) is 0 Å². The van der Waals surface area contributed by atoms with E-state index >= 15 is 0 Å². The highest BCUT2D eigenvalue weighted by molar-refractivity contribution is 6.13. The topological polar surface area (TPSA) is 33.6 Å². The summed E-state index contributed by atoms with van der Waals surface area (Å²) in [5, 5.41) is 14.0. The predicted octanol–water partition coefficient (Wildman–Crippen LogP) is 15.0. The fourth-order valence-corrected chi connectivity index (χ4v) is 9.27. The zero-order valence-corrected chi connectivity index (χ0v) is 33.5. The molecule has 2 aromatic heterocycles. The maximum absolute atomic E-state index is 14.5. The lowest BCUT2D eigenvalue weighted by Crippen LogP contribution is -2.07. The van der Waals surface area contributed by atoms with E-state index < -0.39 is 11.7 Å². The van der Waals surface area contributed by atoms with Gasteiger partial charge in [-0.25, -0.2) is 0 Å². The van der Waals surface area contributed by atoms with E-state index in [9.17, 15) is 18.4 Å². The minimum absolute atomic E-state index is 0.145. The maximum Gasteiger partial charge on any atom is 0.417 e. The summed E-state index contributed by atoms with van der Waals surface area (Å²) in [6.07, 6.45) is -4.51. The third-order valence-corrected chi connectivity index (χ3v) is 12.0. The van der Waals surface area contributed by atoms with E-state index in [0.29, 0.717) is 16.7 Å². The van der Waals surface area contributed by atoms with Crippen LogP contribution in [-0.4, -0.2) is 9.13 Å². The average molecular weight is 786 g/mol. The summed E-state index contributed by atoms with van der Waals surface area (Å²) >= 11 is 0. The van der Waals surface area contributed by atoms with Gasteiger partial charge in [-0.1, -0.05) is 108 Å². The Morgan fingerprint density at radius 1 is 0.467 bits per heavy atom. The van der Waals surface area contributed by atoms with E-state index in [1.165, 1.54) is 22.8 Å². The number of aromatic nitrogens is 2. The first-order chi connectivity index (χ1) is 29.0. The second-order valence-electron chi connectivity index (χ2n) is 15.8. The third kappa shape index (κ3) is 5.88. The number of halogens is 3. The number of benzene rings is 8. The van der Waals surface area contributed by atoms with Crippen molar-refractivity contribution in [3.05, 3.63) is 191 Å². The van der Waals surface area contributed by atoms with Crippen molar-refractivity contribution in [2.75, 3.05) is 0 Å². The summed E-state index contributed by atoms with van der Waals surface area (Å²) in [5.74, 6) is 0. The van der Waals surface area contributed by atoms with Crippen LogP contribution < -0.4 is 0 Å². The number of nitrogens with zero attached hydrogens (tertiary/aromatic N) is 3. The highest BCUT2D eigenvalue weighted by atomic mass is 19.4. The summed E-state index contributed by atoms with van der Waals surface area (Å²) in [6.45, 7) is 8.10. The molecule has 0 radical (unpaired) electrons. The second-order valence-corrected chi connectivity index (χ2v) is 15.8. The van der Waals surface area contributed by atoms with Gasteiger partial charge in [0.2, 0.25) is 0 Å². The smallest absolute Gasteiger partial charge is 0.309 e.